The highest BCUT2D eigenvalue weighted by atomic mass is 16.5. The number of aromatic nitrogens is 3. The first-order chi connectivity index (χ1) is 14.1. The van der Waals surface area contributed by atoms with Crippen molar-refractivity contribution in [1.82, 2.24) is 9.97 Å². The lowest BCUT2D eigenvalue weighted by Crippen LogP contribution is -2.30. The summed E-state index contributed by atoms with van der Waals surface area (Å²) in [6.45, 7) is 5.20. The molecule has 29 heavy (non-hydrogen) atoms. The molecule has 0 unspecified atom stereocenters. The summed E-state index contributed by atoms with van der Waals surface area (Å²) in [6.07, 6.45) is 7.97. The van der Waals surface area contributed by atoms with Gasteiger partial charge in [0.15, 0.2) is 5.52 Å². The number of hydrogen-bond acceptors (Lipinski definition) is 3. The number of nitrogens with one attached hydrogen (secondary N) is 1. The quantitative estimate of drug-likeness (QED) is 0.239. The summed E-state index contributed by atoms with van der Waals surface area (Å²) in [7, 11) is 0. The van der Waals surface area contributed by atoms with Gasteiger partial charge < -0.3 is 4.74 Å². The van der Waals surface area contributed by atoms with Gasteiger partial charge in [-0.25, -0.2) is 14.3 Å². The van der Waals surface area contributed by atoms with Crippen molar-refractivity contribution in [3.8, 4) is 11.7 Å². The van der Waals surface area contributed by atoms with Gasteiger partial charge in [-0.1, -0.05) is 48.0 Å². The molecule has 0 aliphatic heterocycles. The van der Waals surface area contributed by atoms with Gasteiger partial charge >= 0.3 is 11.9 Å². The predicted molar refractivity (Wildman–Crippen MR) is 113 cm³/mol. The number of carbonyl (C=O) groups excluding carboxylic acids is 1. The van der Waals surface area contributed by atoms with Crippen LogP contribution >= 0.6 is 0 Å². The molecule has 0 saturated carbocycles. The van der Waals surface area contributed by atoms with Crippen LogP contribution in [0.1, 0.15) is 18.1 Å². The lowest BCUT2D eigenvalue weighted by molar-refractivity contribution is -0.603. The molecule has 142 valence electrons. The van der Waals surface area contributed by atoms with Crippen LogP contribution in [0.4, 0.5) is 0 Å². The number of esters is 1. The molecule has 2 aromatic heterocycles. The van der Waals surface area contributed by atoms with Crippen molar-refractivity contribution in [3.05, 3.63) is 96.3 Å². The summed E-state index contributed by atoms with van der Waals surface area (Å²) in [5, 5.41) is 0. The average Bonchev–Trinajstić information content (AvgIpc) is 3.18. The van der Waals surface area contributed by atoms with Gasteiger partial charge in [0.25, 0.3) is 0 Å². The summed E-state index contributed by atoms with van der Waals surface area (Å²) in [5.41, 5.74) is 4.40. The van der Waals surface area contributed by atoms with Crippen LogP contribution in [0.15, 0.2) is 85.2 Å². The Morgan fingerprint density at radius 2 is 1.66 bits per heavy atom. The van der Waals surface area contributed by atoms with Gasteiger partial charge in [0.2, 0.25) is 0 Å². The number of H-pyrrole nitrogens is 1. The number of fused-ring (bicyclic) bond motifs is 1. The van der Waals surface area contributed by atoms with E-state index in [-0.39, 0.29) is 0 Å². The Morgan fingerprint density at radius 1 is 1.00 bits per heavy atom. The number of nitrogens with zero attached hydrogens (tertiary/aromatic N) is 2. The van der Waals surface area contributed by atoms with E-state index in [1.165, 1.54) is 0 Å². The second kappa shape index (κ2) is 7.94. The van der Waals surface area contributed by atoms with Crippen molar-refractivity contribution in [3.63, 3.8) is 0 Å². The summed E-state index contributed by atoms with van der Waals surface area (Å²) in [5.74, 6) is 0.860. The second-order valence-corrected chi connectivity index (χ2v) is 6.69. The van der Waals surface area contributed by atoms with E-state index in [1.807, 2.05) is 77.6 Å². The van der Waals surface area contributed by atoms with E-state index in [9.17, 15) is 4.79 Å². The van der Waals surface area contributed by atoms with Crippen molar-refractivity contribution < 1.29 is 14.1 Å². The molecule has 2 heterocycles. The molecule has 0 fully saturated rings. The van der Waals surface area contributed by atoms with Crippen molar-refractivity contribution in [1.29, 1.82) is 0 Å². The molecule has 5 nitrogen and oxygen atoms in total. The highest BCUT2D eigenvalue weighted by Gasteiger charge is 2.12. The zero-order chi connectivity index (χ0) is 20.2. The molecule has 4 aromatic rings. The minimum absolute atomic E-state index is 0.373. The standard InChI is InChI=1S/C24H20N3O2/c1-17(2)23(28)29-20-11-9-18(10-12-20)7-8-19-13-15-27(16-14-19)24-25-21-5-3-4-6-22(21)26-24/h3-16H,1H2,2H3,(H,25,26)/q+1/b8-7+. The van der Waals surface area contributed by atoms with Crippen LogP contribution < -0.4 is 9.30 Å². The highest BCUT2D eigenvalue weighted by Crippen LogP contribution is 2.16. The van der Waals surface area contributed by atoms with E-state index in [0.29, 0.717) is 11.3 Å². The Balaban J connectivity index is 1.45. The maximum absolute atomic E-state index is 11.5. The molecule has 0 amide bonds. The lowest BCUT2D eigenvalue weighted by atomic mass is 10.1. The Morgan fingerprint density at radius 3 is 2.31 bits per heavy atom. The average molecular weight is 382 g/mol. The smallest absolute Gasteiger partial charge is 0.401 e. The fourth-order valence-corrected chi connectivity index (χ4v) is 2.79. The number of pyridine rings is 1. The van der Waals surface area contributed by atoms with E-state index in [4.69, 9.17) is 4.74 Å². The maximum atomic E-state index is 11.5. The number of aromatic amines is 1. The first-order valence-corrected chi connectivity index (χ1v) is 9.21. The minimum Gasteiger partial charge on any atom is -0.423 e. The molecule has 0 saturated heterocycles. The molecule has 0 atom stereocenters. The molecule has 0 aliphatic rings. The number of para-hydroxylation sites is 2. The van der Waals surface area contributed by atoms with Crippen molar-refractivity contribution >= 4 is 29.2 Å². The fourth-order valence-electron chi connectivity index (χ4n) is 2.79. The molecule has 0 spiro atoms. The lowest BCUT2D eigenvalue weighted by Gasteiger charge is -2.03. The van der Waals surface area contributed by atoms with Crippen LogP contribution in [0.5, 0.6) is 5.75 Å². The number of carbonyl (C=O) groups is 1. The van der Waals surface area contributed by atoms with E-state index in [0.717, 1.165) is 28.1 Å². The van der Waals surface area contributed by atoms with Crippen molar-refractivity contribution in [2.45, 2.75) is 6.92 Å². The summed E-state index contributed by atoms with van der Waals surface area (Å²) in [4.78, 5) is 19.4. The zero-order valence-electron chi connectivity index (χ0n) is 16.0. The molecular formula is C24H20N3O2+. The molecule has 2 aromatic carbocycles. The van der Waals surface area contributed by atoms with E-state index in [2.05, 4.69) is 16.5 Å². The summed E-state index contributed by atoms with van der Waals surface area (Å²) >= 11 is 0. The molecule has 0 aliphatic carbocycles. The first kappa shape index (κ1) is 18.4. The zero-order valence-corrected chi connectivity index (χ0v) is 16.0. The third-order valence-electron chi connectivity index (χ3n) is 4.38. The van der Waals surface area contributed by atoms with Crippen LogP contribution in [0.3, 0.4) is 0 Å². The van der Waals surface area contributed by atoms with Gasteiger partial charge in [0, 0.05) is 5.57 Å². The number of imidazole rings is 1. The van der Waals surface area contributed by atoms with E-state index in [1.54, 1.807) is 19.1 Å². The molecular weight excluding hydrogens is 362 g/mol. The largest absolute Gasteiger partial charge is 0.423 e. The van der Waals surface area contributed by atoms with Crippen LogP contribution in [0, 0.1) is 0 Å². The normalized spacial score (nSPS) is 11.1. The Hall–Kier alpha value is -3.99. The molecule has 0 radical (unpaired) electrons. The summed E-state index contributed by atoms with van der Waals surface area (Å²) < 4.78 is 7.14. The number of benzene rings is 2. The Bertz CT molecular complexity index is 1170. The second-order valence-electron chi connectivity index (χ2n) is 6.69. The first-order valence-electron chi connectivity index (χ1n) is 9.21. The van der Waals surface area contributed by atoms with Crippen LogP contribution in [0.2, 0.25) is 0 Å². The topological polar surface area (TPSA) is 58.9 Å². The van der Waals surface area contributed by atoms with Gasteiger partial charge in [-0.05, 0) is 54.4 Å². The van der Waals surface area contributed by atoms with E-state index >= 15 is 0 Å². The molecule has 1 N–H and O–H groups in total. The van der Waals surface area contributed by atoms with Gasteiger partial charge in [0.05, 0.1) is 12.4 Å². The number of ether oxygens (including phenoxy) is 1. The Labute approximate surface area is 168 Å². The van der Waals surface area contributed by atoms with Gasteiger partial charge in [-0.2, -0.15) is 0 Å². The number of hydrogen-bond donors (Lipinski definition) is 1. The maximum Gasteiger partial charge on any atom is 0.401 e. The van der Waals surface area contributed by atoms with Crippen LogP contribution in [-0.2, 0) is 4.79 Å². The van der Waals surface area contributed by atoms with Gasteiger partial charge in [-0.15, -0.1) is 0 Å². The van der Waals surface area contributed by atoms with Gasteiger partial charge in [0.1, 0.15) is 11.3 Å². The van der Waals surface area contributed by atoms with Crippen LogP contribution in [-0.4, -0.2) is 15.9 Å². The third kappa shape index (κ3) is 4.30. The molecule has 5 heteroatoms. The SMILES string of the molecule is C=C(C)C(=O)Oc1ccc(/C=C/c2cc[n+](-c3nc4ccccc4[nH]3)cc2)cc1. The number of rotatable bonds is 5. The molecule has 4 rings (SSSR count). The van der Waals surface area contributed by atoms with E-state index < -0.39 is 5.97 Å². The van der Waals surface area contributed by atoms with Crippen LogP contribution in [0.25, 0.3) is 29.1 Å². The highest BCUT2D eigenvalue weighted by molar-refractivity contribution is 5.88. The van der Waals surface area contributed by atoms with Crippen molar-refractivity contribution in [2.24, 2.45) is 0 Å². The minimum atomic E-state index is -0.421. The summed E-state index contributed by atoms with van der Waals surface area (Å²) in [6, 6.07) is 19.3. The fraction of sp³-hybridized carbons (Fsp3) is 0.0417. The van der Waals surface area contributed by atoms with Crippen molar-refractivity contribution in [2.75, 3.05) is 0 Å². The molecule has 0 bridgehead atoms. The predicted octanol–water partition coefficient (Wildman–Crippen LogP) is 4.49. The van der Waals surface area contributed by atoms with Gasteiger partial charge in [-0.3, -0.25) is 0 Å². The third-order valence-corrected chi connectivity index (χ3v) is 4.38. The monoisotopic (exact) mass is 382 g/mol. The Kier molecular flexibility index (Phi) is 5.03.